The summed E-state index contributed by atoms with van der Waals surface area (Å²) < 4.78 is 5.89. The molecule has 0 saturated carbocycles. The molecule has 0 heterocycles. The van der Waals surface area contributed by atoms with Crippen LogP contribution in [-0.4, -0.2) is 11.2 Å². The van der Waals surface area contributed by atoms with Crippen LogP contribution in [0.5, 0.6) is 0 Å². The minimum atomic E-state index is -0.164. The molecule has 0 spiro atoms. The van der Waals surface area contributed by atoms with Crippen LogP contribution in [0.25, 0.3) is 0 Å². The van der Waals surface area contributed by atoms with E-state index in [1.54, 1.807) is 0 Å². The van der Waals surface area contributed by atoms with E-state index in [1.807, 2.05) is 0 Å². The van der Waals surface area contributed by atoms with Gasteiger partial charge in [-0.1, -0.05) is 26.0 Å². The lowest BCUT2D eigenvalue weighted by Gasteiger charge is -2.31. The van der Waals surface area contributed by atoms with Crippen LogP contribution in [0, 0.1) is 5.92 Å². The van der Waals surface area contributed by atoms with E-state index in [4.69, 9.17) is 4.74 Å². The molecule has 0 aromatic heterocycles. The molecule has 1 nitrogen and oxygen atoms in total. The second-order valence-corrected chi connectivity index (χ2v) is 5.42. The summed E-state index contributed by atoms with van der Waals surface area (Å²) in [6.07, 6.45) is 4.33. The Balaban J connectivity index is 4.24. The Kier molecular flexibility index (Phi) is 4.18. The van der Waals surface area contributed by atoms with Crippen molar-refractivity contribution in [3.8, 4) is 0 Å². The molecule has 0 amide bonds. The van der Waals surface area contributed by atoms with Crippen LogP contribution in [0.3, 0.4) is 0 Å². The van der Waals surface area contributed by atoms with Crippen LogP contribution >= 0.6 is 0 Å². The van der Waals surface area contributed by atoms with Crippen molar-refractivity contribution in [2.45, 2.75) is 59.7 Å². The summed E-state index contributed by atoms with van der Waals surface area (Å²) >= 11 is 0. The molecule has 0 aliphatic heterocycles. The van der Waals surface area contributed by atoms with Gasteiger partial charge in [-0.3, -0.25) is 0 Å². The van der Waals surface area contributed by atoms with Gasteiger partial charge >= 0.3 is 0 Å². The zero-order valence-corrected chi connectivity index (χ0v) is 10.1. The van der Waals surface area contributed by atoms with Crippen molar-refractivity contribution >= 4 is 0 Å². The quantitative estimate of drug-likeness (QED) is 0.606. The number of allylic oxidation sites excluding steroid dienone is 1. The molecular weight excluding hydrogens is 160 g/mol. The van der Waals surface area contributed by atoms with E-state index >= 15 is 0 Å². The molecule has 13 heavy (non-hydrogen) atoms. The molecule has 0 N–H and O–H groups in total. The molecule has 0 atom stereocenters. The van der Waals surface area contributed by atoms with Gasteiger partial charge in [0.1, 0.15) is 0 Å². The van der Waals surface area contributed by atoms with E-state index in [0.717, 1.165) is 0 Å². The van der Waals surface area contributed by atoms with Crippen molar-refractivity contribution in [2.24, 2.45) is 5.92 Å². The van der Waals surface area contributed by atoms with Crippen molar-refractivity contribution in [2.75, 3.05) is 0 Å². The Hall–Kier alpha value is -0.300. The van der Waals surface area contributed by atoms with Crippen LogP contribution in [0.15, 0.2) is 12.2 Å². The van der Waals surface area contributed by atoms with E-state index in [0.29, 0.717) is 5.92 Å². The normalized spacial score (nSPS) is 14.5. The molecule has 0 bridgehead atoms. The third kappa shape index (κ3) is 8.04. The Labute approximate surface area is 83.2 Å². The first-order chi connectivity index (χ1) is 5.62. The lowest BCUT2D eigenvalue weighted by Crippen LogP contribution is -2.33. The molecule has 0 saturated heterocycles. The first kappa shape index (κ1) is 12.7. The molecule has 1 heteroatoms. The van der Waals surface area contributed by atoms with Gasteiger partial charge in [0.2, 0.25) is 0 Å². The van der Waals surface area contributed by atoms with Gasteiger partial charge in [0.25, 0.3) is 0 Å². The molecule has 0 aromatic carbocycles. The third-order valence-electron chi connectivity index (χ3n) is 1.45. The van der Waals surface area contributed by atoms with Crippen LogP contribution < -0.4 is 0 Å². The third-order valence-corrected chi connectivity index (χ3v) is 1.45. The summed E-state index contributed by atoms with van der Waals surface area (Å²) in [5, 5.41) is 0. The number of hydrogen-bond acceptors (Lipinski definition) is 1. The SMILES string of the molecule is CC(C)/C=C/C(C)(C)OC(C)(C)C. The summed E-state index contributed by atoms with van der Waals surface area (Å²) in [4.78, 5) is 0. The van der Waals surface area contributed by atoms with Gasteiger partial charge in [-0.25, -0.2) is 0 Å². The van der Waals surface area contributed by atoms with Crippen LogP contribution in [-0.2, 0) is 4.74 Å². The fourth-order valence-corrected chi connectivity index (χ4v) is 1.25. The van der Waals surface area contributed by atoms with Gasteiger partial charge in [0, 0.05) is 0 Å². The highest BCUT2D eigenvalue weighted by molar-refractivity contribution is 4.99. The minimum Gasteiger partial charge on any atom is -0.366 e. The number of rotatable bonds is 3. The second-order valence-electron chi connectivity index (χ2n) is 5.42. The van der Waals surface area contributed by atoms with Crippen molar-refractivity contribution in [3.63, 3.8) is 0 Å². The summed E-state index contributed by atoms with van der Waals surface area (Å²) in [5.74, 6) is 0.586. The van der Waals surface area contributed by atoms with E-state index in [2.05, 4.69) is 60.6 Å². The van der Waals surface area contributed by atoms with Crippen molar-refractivity contribution < 1.29 is 4.74 Å². The highest BCUT2D eigenvalue weighted by atomic mass is 16.5. The monoisotopic (exact) mass is 184 g/mol. The van der Waals surface area contributed by atoms with Gasteiger partial charge in [0.15, 0.2) is 0 Å². The van der Waals surface area contributed by atoms with E-state index in [1.165, 1.54) is 0 Å². The van der Waals surface area contributed by atoms with E-state index in [9.17, 15) is 0 Å². The highest BCUT2D eigenvalue weighted by Crippen LogP contribution is 2.21. The van der Waals surface area contributed by atoms with Crippen molar-refractivity contribution in [3.05, 3.63) is 12.2 Å². The standard InChI is InChI=1S/C12H24O/c1-10(2)8-9-12(6,7)13-11(3,4)5/h8-10H,1-7H3/b9-8+. The maximum atomic E-state index is 5.89. The minimum absolute atomic E-state index is 0.0786. The molecule has 0 unspecified atom stereocenters. The Morgan fingerprint density at radius 2 is 1.46 bits per heavy atom. The van der Waals surface area contributed by atoms with Gasteiger partial charge in [-0.05, 0) is 40.5 Å². The van der Waals surface area contributed by atoms with Crippen LogP contribution in [0.4, 0.5) is 0 Å². The maximum Gasteiger partial charge on any atom is 0.0813 e. The van der Waals surface area contributed by atoms with Crippen molar-refractivity contribution in [1.29, 1.82) is 0 Å². The number of ether oxygens (including phenoxy) is 1. The summed E-state index contributed by atoms with van der Waals surface area (Å²) in [7, 11) is 0. The first-order valence-corrected chi connectivity index (χ1v) is 5.02. The molecule has 0 aliphatic rings. The molecule has 0 rings (SSSR count). The van der Waals surface area contributed by atoms with Crippen LogP contribution in [0.2, 0.25) is 0 Å². The van der Waals surface area contributed by atoms with E-state index < -0.39 is 0 Å². The maximum absolute atomic E-state index is 5.89. The molecule has 0 radical (unpaired) electrons. The zero-order valence-electron chi connectivity index (χ0n) is 10.1. The Morgan fingerprint density at radius 3 is 1.77 bits per heavy atom. The summed E-state index contributed by atoms with van der Waals surface area (Å²) in [6, 6.07) is 0. The fourth-order valence-electron chi connectivity index (χ4n) is 1.25. The predicted molar refractivity (Wildman–Crippen MR) is 58.9 cm³/mol. The van der Waals surface area contributed by atoms with Crippen LogP contribution in [0.1, 0.15) is 48.5 Å². The largest absolute Gasteiger partial charge is 0.366 e. The second kappa shape index (κ2) is 4.28. The molecule has 0 aromatic rings. The molecular formula is C12H24O. The number of hydrogen-bond donors (Lipinski definition) is 0. The lowest BCUT2D eigenvalue weighted by atomic mass is 10.0. The Morgan fingerprint density at radius 1 is 1.00 bits per heavy atom. The van der Waals surface area contributed by atoms with Crippen molar-refractivity contribution in [1.82, 2.24) is 0 Å². The average molecular weight is 184 g/mol. The van der Waals surface area contributed by atoms with Gasteiger partial charge in [0.05, 0.1) is 11.2 Å². The topological polar surface area (TPSA) is 9.23 Å². The predicted octanol–water partition coefficient (Wildman–Crippen LogP) is 3.79. The highest BCUT2D eigenvalue weighted by Gasteiger charge is 2.22. The summed E-state index contributed by atoms with van der Waals surface area (Å²) in [6.45, 7) is 14.8. The average Bonchev–Trinajstić information content (AvgIpc) is 1.78. The van der Waals surface area contributed by atoms with Gasteiger partial charge < -0.3 is 4.74 Å². The van der Waals surface area contributed by atoms with E-state index in [-0.39, 0.29) is 11.2 Å². The lowest BCUT2D eigenvalue weighted by molar-refractivity contribution is -0.0856. The Bertz CT molecular complexity index is 170. The van der Waals surface area contributed by atoms with Gasteiger partial charge in [-0.2, -0.15) is 0 Å². The first-order valence-electron chi connectivity index (χ1n) is 5.02. The molecule has 0 aliphatic carbocycles. The summed E-state index contributed by atoms with van der Waals surface area (Å²) in [5.41, 5.74) is -0.243. The fraction of sp³-hybridized carbons (Fsp3) is 0.833. The van der Waals surface area contributed by atoms with Gasteiger partial charge in [-0.15, -0.1) is 0 Å². The smallest absolute Gasteiger partial charge is 0.0813 e. The zero-order chi connectivity index (χ0) is 10.7. The molecule has 78 valence electrons. The molecule has 0 fully saturated rings.